The Morgan fingerprint density at radius 1 is 0.372 bits per heavy atom. The first kappa shape index (κ1) is 102. The Hall–Kier alpha value is -14.7. The van der Waals surface area contributed by atoms with Gasteiger partial charge in [-0.3, -0.25) is 52.8 Å². The number of aromatic hydroxyl groups is 4. The molecule has 145 heavy (non-hydrogen) atoms. The molecule has 4 aromatic carbocycles. The second kappa shape index (κ2) is 44.3. The summed E-state index contributed by atoms with van der Waals surface area (Å²) >= 11 is 17.0. The molecule has 4 N–H and O–H groups in total. The maximum atomic E-state index is 13.6. The Bertz CT molecular complexity index is 7600. The second-order valence-electron chi connectivity index (χ2n) is 35.4. The van der Waals surface area contributed by atoms with Gasteiger partial charge in [0.15, 0.2) is 22.8 Å². The van der Waals surface area contributed by atoms with Crippen LogP contribution in [0.5, 0.6) is 23.0 Å². The number of rotatable bonds is 21. The maximum absolute atomic E-state index is 13.6. The number of aromatic nitrogens is 16. The molecule has 0 aliphatic carbocycles. The lowest BCUT2D eigenvalue weighted by Gasteiger charge is -2.32. The zero-order valence-corrected chi connectivity index (χ0v) is 84.0. The van der Waals surface area contributed by atoms with Gasteiger partial charge in [-0.2, -0.15) is 0 Å². The molecule has 0 saturated carbocycles. The van der Waals surface area contributed by atoms with Crippen molar-refractivity contribution in [3.05, 3.63) is 270 Å². The van der Waals surface area contributed by atoms with Crippen molar-refractivity contribution in [2.24, 2.45) is 0 Å². The first-order valence-corrected chi connectivity index (χ1v) is 50.0. The normalized spacial score (nSPS) is 14.3. The van der Waals surface area contributed by atoms with Gasteiger partial charge >= 0.3 is 34.1 Å². The largest absolute Gasteiger partial charge is 0.501 e. The SMILES string of the molecule is CN(C)C(=O)C(=O)N(C)c1cn(CC(=O)N2CCCCC2)c2nc(-c3ncc(Cc4ccc(F)cc4)s3)c(O)c(=O)n12.CN1CCN(C(=O)Cn2ccn3c(=O)c(O)c(-c4ncc(Cc5ccc(Cl)cc5)s4)nc23)CC1.CN1CCN(C(=O)Cn2ccn3c(=O)c(O)c(-c4ncc(Cc5ccc(F)c(Cl)c5)s4)nc23)CC1.CN1CCN(C(=O)Cn2ccn3c(=O)c(O)c(-c4ncc(Cc5ccc(F)cc5)s4)nc23)CC1. The van der Waals surface area contributed by atoms with E-state index in [-0.39, 0.29) is 123 Å². The number of piperazine rings is 3. The number of carbonyl (C=O) groups excluding carboxylic acids is 6. The number of halogens is 5. The van der Waals surface area contributed by atoms with Crippen LogP contribution in [0, 0.1) is 17.5 Å². The van der Waals surface area contributed by atoms with Gasteiger partial charge in [0.25, 0.3) is 0 Å². The Kier molecular flexibility index (Phi) is 31.1. The predicted octanol–water partition coefficient (Wildman–Crippen LogP) is 8.77. The lowest BCUT2D eigenvalue weighted by molar-refractivity contribution is -0.142. The smallest absolute Gasteiger partial charge is 0.317 e. The van der Waals surface area contributed by atoms with Crippen LogP contribution in [0.25, 0.3) is 65.9 Å². The Morgan fingerprint density at radius 3 is 1.03 bits per heavy atom. The van der Waals surface area contributed by atoms with E-state index in [1.807, 2.05) is 50.3 Å². The number of benzene rings is 4. The summed E-state index contributed by atoms with van der Waals surface area (Å²) in [6, 6.07) is 24.3. The number of imidazole rings is 4. The molecule has 4 fully saturated rings. The first-order valence-electron chi connectivity index (χ1n) is 46.0. The number of hydrogen-bond acceptors (Lipinski definition) is 29. The highest BCUT2D eigenvalue weighted by Crippen LogP contribution is 2.37. The molecular weight excluding hydrogens is 2000 g/mol. The predicted molar refractivity (Wildman–Crippen MR) is 541 cm³/mol. The number of likely N-dealkylation sites (N-methyl/N-ethyl adjacent to an activating group) is 5. The highest BCUT2D eigenvalue weighted by molar-refractivity contribution is 7.16. The number of carbonyl (C=O) groups is 6. The Balaban J connectivity index is 0.000000133. The molecule has 4 aliphatic heterocycles. The summed E-state index contributed by atoms with van der Waals surface area (Å²) in [4.78, 5) is 184. The second-order valence-corrected chi connectivity index (χ2v) is 40.7. The molecule has 0 unspecified atom stereocenters. The Labute approximate surface area is 850 Å². The van der Waals surface area contributed by atoms with Crippen LogP contribution in [-0.2, 0) is 80.6 Å². The highest BCUT2D eigenvalue weighted by atomic mass is 35.5. The van der Waals surface area contributed by atoms with Gasteiger partial charge in [-0.1, -0.05) is 65.7 Å². The average molecular weight is 2090 g/mol. The molecule has 0 atom stereocenters. The van der Waals surface area contributed by atoms with Crippen LogP contribution in [0.4, 0.5) is 19.0 Å². The van der Waals surface area contributed by atoms with Gasteiger partial charge in [0.05, 0.1) is 5.02 Å². The molecule has 16 aromatic rings. The van der Waals surface area contributed by atoms with E-state index in [2.05, 4.69) is 54.6 Å². The van der Waals surface area contributed by atoms with Crippen molar-refractivity contribution >= 4 is 133 Å². The molecule has 12 aromatic heterocycles. The highest BCUT2D eigenvalue weighted by Gasteiger charge is 2.33. The van der Waals surface area contributed by atoms with Gasteiger partial charge in [0, 0.05) is 231 Å². The van der Waals surface area contributed by atoms with Crippen LogP contribution in [0.2, 0.25) is 10.0 Å². The van der Waals surface area contributed by atoms with Crippen LogP contribution >= 0.6 is 68.5 Å². The number of piperidine rings is 1. The fourth-order valence-electron chi connectivity index (χ4n) is 16.7. The number of amides is 6. The van der Waals surface area contributed by atoms with E-state index in [1.54, 1.807) is 108 Å². The third-order valence-electron chi connectivity index (χ3n) is 25.0. The Morgan fingerprint density at radius 2 is 0.683 bits per heavy atom. The summed E-state index contributed by atoms with van der Waals surface area (Å²) in [5.74, 6) is -4.61. The van der Waals surface area contributed by atoms with Crippen molar-refractivity contribution < 1.29 is 62.4 Å². The van der Waals surface area contributed by atoms with Gasteiger partial charge in [-0.15, -0.1) is 45.3 Å². The average Bonchev–Trinajstić information content (AvgIpc) is 1.60. The lowest BCUT2D eigenvalue weighted by atomic mass is 10.1. The maximum Gasteiger partial charge on any atom is 0.317 e. The summed E-state index contributed by atoms with van der Waals surface area (Å²) in [6.07, 6.45) is 22.3. The number of thiazole rings is 4. The van der Waals surface area contributed by atoms with E-state index >= 15 is 0 Å². The number of hydrogen-bond donors (Lipinski definition) is 4. The topological polar surface area (TPSA) is 421 Å². The minimum absolute atomic E-state index is 0.000367. The summed E-state index contributed by atoms with van der Waals surface area (Å²) in [7, 11) is 10.3. The molecule has 0 spiro atoms. The van der Waals surface area contributed by atoms with E-state index in [1.165, 1.54) is 139 Å². The van der Waals surface area contributed by atoms with Gasteiger partial charge in [0.1, 0.15) is 69.5 Å². The molecule has 0 bridgehead atoms. The minimum Gasteiger partial charge on any atom is -0.501 e. The summed E-state index contributed by atoms with van der Waals surface area (Å²) in [6.45, 7) is 10.1. The van der Waals surface area contributed by atoms with Gasteiger partial charge in [-0.05, 0) is 111 Å². The standard InChI is InChI=1S/C28H30FN7O5S.C23H22ClFN6O3S.C23H23ClN6O3S.C23H23FN6O3S/c1-32(2)26(40)27(41)33(3)20-15-35(16-21(37)34-11-5-4-6-12-34)28-31-22(23(38)25(39)36(20)28)24-30-14-19(42-24)13-17-7-9-18(29)10-8-17;1-28-4-6-29(7-5-28)18(32)13-30-8-9-31-22(34)20(33)19(27-23(30)31)21-26-12-15(35-21)10-14-2-3-17(25)16(24)11-14;2*1-27-6-8-28(9-7-27)18(31)14-29-10-11-30-22(33)20(32)19(26-23(29)30)21-25-13-17(34-21)12-15-2-4-16(24)5-3-15/h7-10,14-15,38H,4-6,11-13,16H2,1-3H3;2-3,8-9,11-12,33H,4-7,10,13H2,1H3;2*2-5,10-11,13,32H,6-9,12,14H2,1H3. The van der Waals surface area contributed by atoms with Gasteiger partial charge < -0.3 is 77.9 Å². The minimum atomic E-state index is -0.915. The molecule has 4 aliphatic rings. The van der Waals surface area contributed by atoms with Crippen LogP contribution in [0.3, 0.4) is 0 Å². The van der Waals surface area contributed by atoms with Crippen molar-refractivity contribution in [3.63, 3.8) is 0 Å². The van der Waals surface area contributed by atoms with Crippen molar-refractivity contribution in [2.75, 3.05) is 139 Å². The monoisotopic (exact) mass is 2090 g/mol. The van der Waals surface area contributed by atoms with Gasteiger partial charge in [0.2, 0.25) is 69.7 Å². The third kappa shape index (κ3) is 23.1. The van der Waals surface area contributed by atoms with Crippen LogP contribution in [-0.4, -0.2) is 305 Å². The van der Waals surface area contributed by atoms with Crippen LogP contribution in [0.15, 0.2) is 178 Å². The zero-order valence-electron chi connectivity index (χ0n) is 79.3. The van der Waals surface area contributed by atoms with E-state index in [4.69, 9.17) is 23.2 Å². The van der Waals surface area contributed by atoms with Crippen LogP contribution in [0.1, 0.15) is 61.0 Å². The number of anilines is 1. The zero-order chi connectivity index (χ0) is 102. The molecule has 0 radical (unpaired) electrons. The molecule has 48 heteroatoms. The molecule has 39 nitrogen and oxygen atoms in total. The summed E-state index contributed by atoms with van der Waals surface area (Å²) < 4.78 is 50.9. The van der Waals surface area contributed by atoms with Crippen LogP contribution < -0.4 is 27.1 Å². The van der Waals surface area contributed by atoms with Gasteiger partial charge in [-0.25, -0.2) is 70.6 Å². The van der Waals surface area contributed by atoms with Crippen molar-refractivity contribution in [1.29, 1.82) is 0 Å². The van der Waals surface area contributed by atoms with Crippen molar-refractivity contribution in [1.82, 2.24) is 115 Å². The molecule has 754 valence electrons. The third-order valence-corrected chi connectivity index (χ3v) is 29.5. The fourth-order valence-corrected chi connectivity index (χ4v) is 20.7. The lowest BCUT2D eigenvalue weighted by Crippen LogP contribution is -2.48. The molecule has 4 saturated heterocycles. The molecule has 16 heterocycles. The van der Waals surface area contributed by atoms with E-state index in [0.29, 0.717) is 98.1 Å². The fraction of sp³-hybridized carbons (Fsp3) is 0.320. The van der Waals surface area contributed by atoms with E-state index < -0.39 is 62.9 Å². The summed E-state index contributed by atoms with van der Waals surface area (Å²) in [5, 5.41) is 44.8. The summed E-state index contributed by atoms with van der Waals surface area (Å²) in [5.41, 5.74) is 1.06. The first-order chi connectivity index (χ1) is 69.6. The molecular formula is C97H98Cl2F3N25O14S4. The van der Waals surface area contributed by atoms with E-state index in [9.17, 15) is 81.5 Å². The van der Waals surface area contributed by atoms with Crippen molar-refractivity contribution in [2.45, 2.75) is 71.1 Å². The van der Waals surface area contributed by atoms with E-state index in [0.717, 1.165) is 114 Å². The molecule has 20 rings (SSSR count). The quantitative estimate of drug-likeness (QED) is 0.0488. The molecule has 6 amide bonds. The number of fused-ring (bicyclic) bond motifs is 4. The number of likely N-dealkylation sites (tertiary alicyclic amines) is 1. The van der Waals surface area contributed by atoms with Crippen molar-refractivity contribution in [3.8, 4) is 65.8 Å². The number of nitrogens with zero attached hydrogens (tertiary/aromatic N) is 25.